The molecule has 0 rings (SSSR count). The van der Waals surface area contributed by atoms with E-state index >= 15 is 0 Å². The highest BCUT2D eigenvalue weighted by Gasteiger charge is 1.88. The standard InChI is InChI=1S/C10H19N/c1-4-7-10(5-2)8-9-11-6-3/h4-5,7,11H,6,8-9H2,1-3H3/b7-4-,10-5+. The van der Waals surface area contributed by atoms with E-state index in [2.05, 4.69) is 44.3 Å². The van der Waals surface area contributed by atoms with E-state index in [1.54, 1.807) is 0 Å². The van der Waals surface area contributed by atoms with Gasteiger partial charge in [0.2, 0.25) is 0 Å². The molecule has 0 spiro atoms. The number of nitrogens with one attached hydrogen (secondary N) is 1. The fourth-order valence-corrected chi connectivity index (χ4v) is 0.947. The summed E-state index contributed by atoms with van der Waals surface area (Å²) in [6.45, 7) is 8.41. The van der Waals surface area contributed by atoms with E-state index in [9.17, 15) is 0 Å². The lowest BCUT2D eigenvalue weighted by atomic mass is 10.1. The molecule has 11 heavy (non-hydrogen) atoms. The Labute approximate surface area is 70.2 Å². The van der Waals surface area contributed by atoms with E-state index in [0.717, 1.165) is 19.5 Å². The van der Waals surface area contributed by atoms with Gasteiger partial charge in [-0.25, -0.2) is 0 Å². The van der Waals surface area contributed by atoms with Crippen LogP contribution in [0.25, 0.3) is 0 Å². The van der Waals surface area contributed by atoms with Crippen molar-refractivity contribution in [2.75, 3.05) is 13.1 Å². The molecule has 1 nitrogen and oxygen atoms in total. The van der Waals surface area contributed by atoms with Gasteiger partial charge in [-0.3, -0.25) is 0 Å². The lowest BCUT2D eigenvalue weighted by molar-refractivity contribution is 0.718. The molecular weight excluding hydrogens is 134 g/mol. The maximum atomic E-state index is 3.30. The molecule has 0 heterocycles. The summed E-state index contributed by atoms with van der Waals surface area (Å²) in [5.41, 5.74) is 1.41. The lowest BCUT2D eigenvalue weighted by Crippen LogP contribution is -2.14. The Morgan fingerprint density at radius 2 is 2.09 bits per heavy atom. The number of allylic oxidation sites excluding steroid dienone is 3. The molecule has 0 aliphatic heterocycles. The Morgan fingerprint density at radius 1 is 1.36 bits per heavy atom. The molecule has 0 aromatic heterocycles. The fraction of sp³-hybridized carbons (Fsp3) is 0.600. The van der Waals surface area contributed by atoms with Crippen LogP contribution in [0.4, 0.5) is 0 Å². The third-order valence-electron chi connectivity index (χ3n) is 1.59. The molecule has 0 radical (unpaired) electrons. The summed E-state index contributed by atoms with van der Waals surface area (Å²) in [7, 11) is 0. The van der Waals surface area contributed by atoms with Crippen molar-refractivity contribution in [3.05, 3.63) is 23.8 Å². The van der Waals surface area contributed by atoms with Crippen LogP contribution in [-0.2, 0) is 0 Å². The Hall–Kier alpha value is -0.560. The maximum absolute atomic E-state index is 3.30. The summed E-state index contributed by atoms with van der Waals surface area (Å²) in [4.78, 5) is 0. The smallest absolute Gasteiger partial charge is 0.000859 e. The van der Waals surface area contributed by atoms with E-state index in [0.29, 0.717) is 0 Å². The number of hydrogen-bond acceptors (Lipinski definition) is 1. The first-order valence-corrected chi connectivity index (χ1v) is 4.33. The summed E-state index contributed by atoms with van der Waals surface area (Å²) in [5, 5.41) is 3.30. The van der Waals surface area contributed by atoms with Crippen LogP contribution in [0.15, 0.2) is 23.8 Å². The van der Waals surface area contributed by atoms with Crippen molar-refractivity contribution in [2.24, 2.45) is 0 Å². The average molecular weight is 153 g/mol. The molecule has 0 aromatic rings. The van der Waals surface area contributed by atoms with Crippen LogP contribution >= 0.6 is 0 Å². The van der Waals surface area contributed by atoms with Gasteiger partial charge in [0.05, 0.1) is 0 Å². The van der Waals surface area contributed by atoms with Gasteiger partial charge in [-0.2, -0.15) is 0 Å². The van der Waals surface area contributed by atoms with Crippen molar-refractivity contribution in [3.8, 4) is 0 Å². The largest absolute Gasteiger partial charge is 0.317 e. The molecule has 64 valence electrons. The molecule has 0 amide bonds. The van der Waals surface area contributed by atoms with Gasteiger partial charge in [0, 0.05) is 0 Å². The highest BCUT2D eigenvalue weighted by Crippen LogP contribution is 2.01. The maximum Gasteiger partial charge on any atom is -0.000859 e. The molecule has 0 aliphatic carbocycles. The van der Waals surface area contributed by atoms with Crippen molar-refractivity contribution in [1.29, 1.82) is 0 Å². The van der Waals surface area contributed by atoms with Crippen molar-refractivity contribution in [3.63, 3.8) is 0 Å². The third kappa shape index (κ3) is 5.86. The van der Waals surface area contributed by atoms with Gasteiger partial charge in [-0.15, -0.1) is 0 Å². The van der Waals surface area contributed by atoms with Crippen LogP contribution in [0.5, 0.6) is 0 Å². The number of rotatable bonds is 5. The first-order valence-electron chi connectivity index (χ1n) is 4.33. The van der Waals surface area contributed by atoms with Crippen molar-refractivity contribution in [1.82, 2.24) is 5.32 Å². The highest BCUT2D eigenvalue weighted by molar-refractivity contribution is 5.17. The molecule has 1 N–H and O–H groups in total. The second kappa shape index (κ2) is 7.55. The lowest BCUT2D eigenvalue weighted by Gasteiger charge is -2.01. The van der Waals surface area contributed by atoms with Crippen LogP contribution in [0.1, 0.15) is 27.2 Å². The Balaban J connectivity index is 3.54. The molecule has 0 bridgehead atoms. The quantitative estimate of drug-likeness (QED) is 0.472. The van der Waals surface area contributed by atoms with Crippen LogP contribution < -0.4 is 5.32 Å². The van der Waals surface area contributed by atoms with Crippen molar-refractivity contribution < 1.29 is 0 Å². The zero-order valence-corrected chi connectivity index (χ0v) is 7.85. The molecule has 0 atom stereocenters. The second-order valence-electron chi connectivity index (χ2n) is 2.47. The zero-order valence-electron chi connectivity index (χ0n) is 7.85. The molecular formula is C10H19N. The van der Waals surface area contributed by atoms with Gasteiger partial charge in [-0.1, -0.05) is 30.7 Å². The third-order valence-corrected chi connectivity index (χ3v) is 1.59. The monoisotopic (exact) mass is 153 g/mol. The minimum Gasteiger partial charge on any atom is -0.317 e. The van der Waals surface area contributed by atoms with Crippen LogP contribution in [-0.4, -0.2) is 13.1 Å². The van der Waals surface area contributed by atoms with Gasteiger partial charge in [0.1, 0.15) is 0 Å². The molecule has 0 saturated heterocycles. The first-order chi connectivity index (χ1) is 5.35. The van der Waals surface area contributed by atoms with E-state index in [1.807, 2.05) is 0 Å². The Bertz CT molecular complexity index is 134. The van der Waals surface area contributed by atoms with Gasteiger partial charge in [-0.05, 0) is 33.4 Å². The summed E-state index contributed by atoms with van der Waals surface area (Å²) in [6.07, 6.45) is 7.55. The van der Waals surface area contributed by atoms with Gasteiger partial charge >= 0.3 is 0 Å². The summed E-state index contributed by atoms with van der Waals surface area (Å²) >= 11 is 0. The predicted molar refractivity (Wildman–Crippen MR) is 51.7 cm³/mol. The van der Waals surface area contributed by atoms with Crippen LogP contribution in [0.2, 0.25) is 0 Å². The minimum atomic E-state index is 1.06. The second-order valence-corrected chi connectivity index (χ2v) is 2.47. The SMILES string of the molecule is C/C=C\C(=C/C)CCNCC. The Kier molecular flexibility index (Phi) is 7.16. The average Bonchev–Trinajstić information content (AvgIpc) is 2.03. The summed E-state index contributed by atoms with van der Waals surface area (Å²) in [5.74, 6) is 0. The van der Waals surface area contributed by atoms with Crippen molar-refractivity contribution in [2.45, 2.75) is 27.2 Å². The first kappa shape index (κ1) is 10.4. The molecule has 0 fully saturated rings. The molecule has 0 aromatic carbocycles. The molecule has 0 aliphatic rings. The fourth-order valence-electron chi connectivity index (χ4n) is 0.947. The zero-order chi connectivity index (χ0) is 8.53. The van der Waals surface area contributed by atoms with E-state index in [1.165, 1.54) is 5.57 Å². The van der Waals surface area contributed by atoms with E-state index in [4.69, 9.17) is 0 Å². The molecule has 0 unspecified atom stereocenters. The van der Waals surface area contributed by atoms with Gasteiger partial charge in [0.25, 0.3) is 0 Å². The van der Waals surface area contributed by atoms with Crippen molar-refractivity contribution >= 4 is 0 Å². The topological polar surface area (TPSA) is 12.0 Å². The van der Waals surface area contributed by atoms with E-state index < -0.39 is 0 Å². The van der Waals surface area contributed by atoms with E-state index in [-0.39, 0.29) is 0 Å². The Morgan fingerprint density at radius 3 is 2.55 bits per heavy atom. The summed E-state index contributed by atoms with van der Waals surface area (Å²) in [6, 6.07) is 0. The normalized spacial score (nSPS) is 12.8. The number of hydrogen-bond donors (Lipinski definition) is 1. The molecule has 0 saturated carbocycles. The minimum absolute atomic E-state index is 1.06. The van der Waals surface area contributed by atoms with Gasteiger partial charge < -0.3 is 5.32 Å². The molecule has 1 heteroatoms. The highest BCUT2D eigenvalue weighted by atomic mass is 14.8. The van der Waals surface area contributed by atoms with Gasteiger partial charge in [0.15, 0.2) is 0 Å². The van der Waals surface area contributed by atoms with Crippen LogP contribution in [0, 0.1) is 0 Å². The summed E-state index contributed by atoms with van der Waals surface area (Å²) < 4.78 is 0. The predicted octanol–water partition coefficient (Wildman–Crippen LogP) is 2.51. The van der Waals surface area contributed by atoms with Crippen LogP contribution in [0.3, 0.4) is 0 Å².